The molecule has 0 amide bonds. The minimum absolute atomic E-state index is 0.924. The Morgan fingerprint density at radius 2 is 1.83 bits per heavy atom. The lowest BCUT2D eigenvalue weighted by atomic mass is 10.3. The topological polar surface area (TPSA) is 35.5 Å². The molecule has 4 nitrogen and oxygen atoms in total. The lowest BCUT2D eigenvalue weighted by Crippen LogP contribution is -2.30. The maximum absolute atomic E-state index is 4.56. The Bertz CT molecular complexity index is 831. The number of benzene rings is 2. The van der Waals surface area contributed by atoms with Crippen LogP contribution in [0, 0.1) is 0 Å². The molecule has 6 heteroatoms. The van der Waals surface area contributed by atoms with Crippen LogP contribution in [-0.4, -0.2) is 9.73 Å². The molecule has 4 rings (SSSR count). The van der Waals surface area contributed by atoms with E-state index in [-0.39, 0.29) is 0 Å². The van der Waals surface area contributed by atoms with Gasteiger partial charge in [0.1, 0.15) is 0 Å². The molecular weight excluding hydrogens is 360 g/mol. The highest BCUT2D eigenvalue weighted by atomic mass is 79.9. The van der Waals surface area contributed by atoms with Crippen LogP contribution in [0.1, 0.15) is 0 Å². The van der Waals surface area contributed by atoms with Gasteiger partial charge in [-0.2, -0.15) is 4.63 Å². The molecule has 2 heterocycles. The Morgan fingerprint density at radius 1 is 1.06 bits per heavy atom. The van der Waals surface area contributed by atoms with Crippen LogP contribution in [0.4, 0.5) is 0 Å². The van der Waals surface area contributed by atoms with Crippen molar-refractivity contribution in [3.05, 3.63) is 45.3 Å². The largest absolute Gasteiger partial charge is 0.271 e. The minimum Gasteiger partial charge on any atom is -0.271 e. The molecule has 0 aliphatic carbocycles. The van der Waals surface area contributed by atoms with Gasteiger partial charge < -0.3 is 0 Å². The molecule has 0 N–H and O–H groups in total. The predicted molar refractivity (Wildman–Crippen MR) is 74.6 cm³/mol. The molecule has 2 aromatic carbocycles. The summed E-state index contributed by atoms with van der Waals surface area (Å²) in [7, 11) is 0. The molecule has 0 saturated carbocycles. The van der Waals surface area contributed by atoms with E-state index in [1.807, 2.05) is 45.7 Å². The minimum atomic E-state index is 0.924. The number of rotatable bonds is 0. The van der Waals surface area contributed by atoms with Gasteiger partial charge in [0.25, 0.3) is 0 Å². The van der Waals surface area contributed by atoms with Gasteiger partial charge in [0.15, 0.2) is 5.52 Å². The Morgan fingerprint density at radius 3 is 2.72 bits per heavy atom. The smallest absolute Gasteiger partial charge is 0.226 e. The van der Waals surface area contributed by atoms with Crippen LogP contribution in [0.3, 0.4) is 0 Å². The predicted octanol–water partition coefficient (Wildman–Crippen LogP) is 2.71. The molecule has 0 radical (unpaired) electrons. The van der Waals surface area contributed by atoms with E-state index < -0.39 is 0 Å². The third kappa shape index (κ3) is 1.36. The van der Waals surface area contributed by atoms with Crippen molar-refractivity contribution in [2.45, 2.75) is 0 Å². The molecule has 88 valence electrons. The average Bonchev–Trinajstić information content (AvgIpc) is 2.86. The Labute approximate surface area is 118 Å². The SMILES string of the molecule is Brc1ccc2[n-][n+]3c4cc(Br)ccc4nn3c2c1. The first-order chi connectivity index (χ1) is 8.72. The molecule has 4 aromatic rings. The van der Waals surface area contributed by atoms with E-state index >= 15 is 0 Å². The van der Waals surface area contributed by atoms with Crippen LogP contribution in [0.15, 0.2) is 45.3 Å². The maximum Gasteiger partial charge on any atom is 0.226 e. The number of halogens is 2. The first kappa shape index (κ1) is 10.5. The van der Waals surface area contributed by atoms with Gasteiger partial charge in [-0.05, 0) is 29.4 Å². The number of nitrogens with zero attached hydrogens (tertiary/aromatic N) is 4. The molecule has 0 atom stereocenters. The van der Waals surface area contributed by atoms with E-state index in [1.54, 1.807) is 0 Å². The summed E-state index contributed by atoms with van der Waals surface area (Å²) in [5.41, 5.74) is 3.81. The van der Waals surface area contributed by atoms with Gasteiger partial charge in [-0.25, -0.2) is 0 Å². The van der Waals surface area contributed by atoms with E-state index in [1.165, 1.54) is 0 Å². The zero-order valence-corrected chi connectivity index (χ0v) is 12.2. The van der Waals surface area contributed by atoms with Gasteiger partial charge in [-0.15, -0.1) is 4.63 Å². The van der Waals surface area contributed by atoms with Gasteiger partial charge in [-0.1, -0.05) is 37.9 Å². The summed E-state index contributed by atoms with van der Waals surface area (Å²) >= 11 is 6.95. The Hall–Kier alpha value is -1.40. The van der Waals surface area contributed by atoms with Gasteiger partial charge in [0, 0.05) is 26.0 Å². The van der Waals surface area contributed by atoms with Gasteiger partial charge in [0.2, 0.25) is 5.52 Å². The highest BCUT2D eigenvalue weighted by Gasteiger charge is 2.11. The van der Waals surface area contributed by atoms with Gasteiger partial charge in [0.05, 0.1) is 0 Å². The average molecular weight is 366 g/mol. The second-order valence-electron chi connectivity index (χ2n) is 4.04. The molecule has 0 spiro atoms. The van der Waals surface area contributed by atoms with Crippen LogP contribution in [0.25, 0.3) is 22.1 Å². The highest BCUT2D eigenvalue weighted by Crippen LogP contribution is 2.19. The summed E-state index contributed by atoms with van der Waals surface area (Å²) in [5.74, 6) is 0. The lowest BCUT2D eigenvalue weighted by molar-refractivity contribution is -0.654. The van der Waals surface area contributed by atoms with Crippen LogP contribution in [0.2, 0.25) is 0 Å². The zero-order chi connectivity index (χ0) is 12.3. The van der Waals surface area contributed by atoms with Crippen LogP contribution >= 0.6 is 31.9 Å². The molecule has 18 heavy (non-hydrogen) atoms. The van der Waals surface area contributed by atoms with E-state index in [0.717, 1.165) is 31.0 Å². The van der Waals surface area contributed by atoms with Crippen molar-refractivity contribution in [2.24, 2.45) is 0 Å². The van der Waals surface area contributed by atoms with E-state index in [0.29, 0.717) is 0 Å². The quantitative estimate of drug-likeness (QED) is 0.449. The number of fused-ring (bicyclic) bond motifs is 5. The fraction of sp³-hybridized carbons (Fsp3) is 0. The summed E-state index contributed by atoms with van der Waals surface area (Å²) < 4.78 is 5.67. The first-order valence-electron chi connectivity index (χ1n) is 5.35. The van der Waals surface area contributed by atoms with Crippen LogP contribution in [-0.2, 0) is 0 Å². The fourth-order valence-electron chi connectivity index (χ4n) is 2.08. The second-order valence-corrected chi connectivity index (χ2v) is 5.88. The van der Waals surface area contributed by atoms with Gasteiger partial charge >= 0.3 is 0 Å². The third-order valence-electron chi connectivity index (χ3n) is 2.89. The summed E-state index contributed by atoms with van der Waals surface area (Å²) in [6.45, 7) is 0. The highest BCUT2D eigenvalue weighted by molar-refractivity contribution is 9.10. The standard InChI is InChI=1S/C12H6Br2N4/c13-7-1-3-9-11(5-7)17-16-10-4-2-8(14)6-12(10)18(17)15-9/h1-6H. The Kier molecular flexibility index (Phi) is 2.07. The summed E-state index contributed by atoms with van der Waals surface area (Å²) in [6, 6.07) is 11.9. The number of aromatic nitrogens is 4. The van der Waals surface area contributed by atoms with Crippen molar-refractivity contribution in [1.29, 1.82) is 0 Å². The fourth-order valence-corrected chi connectivity index (χ4v) is 2.78. The zero-order valence-electron chi connectivity index (χ0n) is 9.01. The molecular formula is C12H6Br2N4. The molecule has 0 aliphatic heterocycles. The number of hydrogen-bond acceptors (Lipinski definition) is 1. The summed E-state index contributed by atoms with van der Waals surface area (Å²) in [6.07, 6.45) is 0. The summed E-state index contributed by atoms with van der Waals surface area (Å²) in [5, 5.41) is 9.12. The molecule has 0 saturated heterocycles. The van der Waals surface area contributed by atoms with Gasteiger partial charge in [-0.3, -0.25) is 5.10 Å². The molecule has 0 bridgehead atoms. The molecule has 2 aromatic heterocycles. The molecule has 0 fully saturated rings. The van der Waals surface area contributed by atoms with Crippen molar-refractivity contribution in [2.75, 3.05) is 0 Å². The maximum atomic E-state index is 4.56. The third-order valence-corrected chi connectivity index (χ3v) is 3.88. The first-order valence-corrected chi connectivity index (χ1v) is 6.93. The molecule has 0 aliphatic rings. The van der Waals surface area contributed by atoms with Crippen LogP contribution in [0.5, 0.6) is 0 Å². The van der Waals surface area contributed by atoms with Crippen molar-refractivity contribution in [3.8, 4) is 0 Å². The van der Waals surface area contributed by atoms with E-state index in [4.69, 9.17) is 0 Å². The van der Waals surface area contributed by atoms with Crippen molar-refractivity contribution in [1.82, 2.24) is 14.8 Å². The second kappa shape index (κ2) is 3.55. The lowest BCUT2D eigenvalue weighted by Gasteiger charge is -1.91. The monoisotopic (exact) mass is 364 g/mol. The number of hydrogen-bond donors (Lipinski definition) is 0. The Balaban J connectivity index is 2.26. The van der Waals surface area contributed by atoms with Crippen molar-refractivity contribution in [3.63, 3.8) is 0 Å². The molecule has 0 unspecified atom stereocenters. The normalized spacial score (nSPS) is 11.9. The summed E-state index contributed by atoms with van der Waals surface area (Å²) in [4.78, 5) is 0. The van der Waals surface area contributed by atoms with Crippen molar-refractivity contribution >= 4 is 53.9 Å². The van der Waals surface area contributed by atoms with E-state index in [2.05, 4.69) is 42.1 Å². The van der Waals surface area contributed by atoms with Crippen molar-refractivity contribution < 1.29 is 4.63 Å². The van der Waals surface area contributed by atoms with Crippen LogP contribution < -0.4 is 9.73 Å². The van der Waals surface area contributed by atoms with E-state index in [9.17, 15) is 0 Å².